The maximum absolute atomic E-state index is 13.1. The van der Waals surface area contributed by atoms with Crippen LogP contribution in [0.1, 0.15) is 43.0 Å². The van der Waals surface area contributed by atoms with Gasteiger partial charge < -0.3 is 15.5 Å². The lowest BCUT2D eigenvalue weighted by Gasteiger charge is -2.30. The smallest absolute Gasteiger partial charge is 0.318 e. The Morgan fingerprint density at radius 3 is 2.09 bits per heavy atom. The molecule has 0 fully saturated rings. The lowest BCUT2D eigenvalue weighted by molar-refractivity contribution is -0.116. The fraction of sp³-hybridized carbons (Fsp3) is 0.259. The summed E-state index contributed by atoms with van der Waals surface area (Å²) in [5, 5.41) is 5.92. The van der Waals surface area contributed by atoms with Gasteiger partial charge in [-0.15, -0.1) is 0 Å². The van der Waals surface area contributed by atoms with Crippen LogP contribution in [0.3, 0.4) is 0 Å². The maximum atomic E-state index is 13.1. The molecule has 32 heavy (non-hydrogen) atoms. The third-order valence-electron chi connectivity index (χ3n) is 5.52. The second-order valence-electron chi connectivity index (χ2n) is 7.77. The van der Waals surface area contributed by atoms with E-state index < -0.39 is 0 Å². The minimum absolute atomic E-state index is 0.115. The molecule has 1 unspecified atom stereocenters. The SMILES string of the molecule is CCc1ccc(NC(=O)CCN(C(=O)NCc2ccccc2)C(C)c2ccccc2)cc1. The second-order valence-corrected chi connectivity index (χ2v) is 7.77. The van der Waals surface area contributed by atoms with Crippen molar-refractivity contribution in [1.82, 2.24) is 10.2 Å². The van der Waals surface area contributed by atoms with Crippen LogP contribution in [0.2, 0.25) is 0 Å². The molecule has 3 rings (SSSR count). The summed E-state index contributed by atoms with van der Waals surface area (Å²) in [4.78, 5) is 27.3. The molecule has 0 aromatic heterocycles. The van der Waals surface area contributed by atoms with Gasteiger partial charge in [0, 0.05) is 25.2 Å². The molecule has 3 aromatic carbocycles. The van der Waals surface area contributed by atoms with Gasteiger partial charge in [0.1, 0.15) is 0 Å². The summed E-state index contributed by atoms with van der Waals surface area (Å²) in [5.41, 5.74) is 4.05. The molecule has 0 bridgehead atoms. The normalized spacial score (nSPS) is 11.4. The number of rotatable bonds is 9. The van der Waals surface area contributed by atoms with Crippen LogP contribution in [-0.4, -0.2) is 23.4 Å². The predicted molar refractivity (Wildman–Crippen MR) is 129 cm³/mol. The van der Waals surface area contributed by atoms with E-state index in [1.165, 1.54) is 5.56 Å². The zero-order valence-electron chi connectivity index (χ0n) is 18.8. The summed E-state index contributed by atoms with van der Waals surface area (Å²) in [5.74, 6) is -0.115. The van der Waals surface area contributed by atoms with Crippen LogP contribution in [0.15, 0.2) is 84.9 Å². The third-order valence-corrected chi connectivity index (χ3v) is 5.52. The number of carbonyl (C=O) groups excluding carboxylic acids is 2. The summed E-state index contributed by atoms with van der Waals surface area (Å²) >= 11 is 0. The van der Waals surface area contributed by atoms with E-state index in [9.17, 15) is 9.59 Å². The molecule has 166 valence electrons. The first-order valence-corrected chi connectivity index (χ1v) is 11.1. The van der Waals surface area contributed by atoms with Gasteiger partial charge in [-0.3, -0.25) is 4.79 Å². The van der Waals surface area contributed by atoms with Crippen molar-refractivity contribution in [3.8, 4) is 0 Å². The van der Waals surface area contributed by atoms with Gasteiger partial charge in [0.2, 0.25) is 5.91 Å². The van der Waals surface area contributed by atoms with Crippen molar-refractivity contribution in [1.29, 1.82) is 0 Å². The number of anilines is 1. The van der Waals surface area contributed by atoms with Crippen molar-refractivity contribution in [3.05, 3.63) is 102 Å². The quantitative estimate of drug-likeness (QED) is 0.468. The molecule has 0 saturated carbocycles. The van der Waals surface area contributed by atoms with Crippen molar-refractivity contribution in [2.45, 2.75) is 39.3 Å². The number of nitrogens with zero attached hydrogens (tertiary/aromatic N) is 1. The lowest BCUT2D eigenvalue weighted by atomic mass is 10.1. The highest BCUT2D eigenvalue weighted by Crippen LogP contribution is 2.21. The minimum Gasteiger partial charge on any atom is -0.334 e. The first-order valence-electron chi connectivity index (χ1n) is 11.1. The zero-order valence-corrected chi connectivity index (χ0v) is 18.8. The van der Waals surface area contributed by atoms with E-state index in [1.807, 2.05) is 91.9 Å². The van der Waals surface area contributed by atoms with E-state index in [1.54, 1.807) is 4.90 Å². The fourth-order valence-electron chi connectivity index (χ4n) is 3.53. The molecule has 2 N–H and O–H groups in total. The van der Waals surface area contributed by atoms with Gasteiger partial charge in [0.15, 0.2) is 0 Å². The maximum Gasteiger partial charge on any atom is 0.318 e. The summed E-state index contributed by atoms with van der Waals surface area (Å²) in [6, 6.07) is 27.1. The zero-order chi connectivity index (χ0) is 22.8. The topological polar surface area (TPSA) is 61.4 Å². The van der Waals surface area contributed by atoms with Crippen LogP contribution in [-0.2, 0) is 17.8 Å². The standard InChI is InChI=1S/C27H31N3O2/c1-3-22-14-16-25(17-15-22)29-26(31)18-19-30(21(2)24-12-8-5-9-13-24)27(32)28-20-23-10-6-4-7-11-23/h4-17,21H,3,18-20H2,1-2H3,(H,28,32)(H,29,31). The molecule has 0 heterocycles. The molecule has 3 aromatic rings. The Bertz CT molecular complexity index is 988. The molecular formula is C27H31N3O2. The number of hydrogen-bond acceptors (Lipinski definition) is 2. The number of aryl methyl sites for hydroxylation is 1. The molecule has 1 atom stereocenters. The Kier molecular flexibility index (Phi) is 8.44. The molecule has 0 aliphatic rings. The second kappa shape index (κ2) is 11.7. The molecule has 3 amide bonds. The molecule has 5 nitrogen and oxygen atoms in total. The Hall–Kier alpha value is -3.60. The lowest BCUT2D eigenvalue weighted by Crippen LogP contribution is -2.42. The predicted octanol–water partition coefficient (Wildman–Crippen LogP) is 5.55. The molecule has 0 radical (unpaired) electrons. The van der Waals surface area contributed by atoms with Gasteiger partial charge >= 0.3 is 6.03 Å². The molecule has 0 aliphatic carbocycles. The van der Waals surface area contributed by atoms with E-state index in [2.05, 4.69) is 17.6 Å². The van der Waals surface area contributed by atoms with E-state index in [4.69, 9.17) is 0 Å². The number of amides is 3. The van der Waals surface area contributed by atoms with Gasteiger partial charge in [-0.05, 0) is 42.2 Å². The van der Waals surface area contributed by atoms with Crippen LogP contribution in [0.25, 0.3) is 0 Å². The van der Waals surface area contributed by atoms with Crippen molar-refractivity contribution in [2.24, 2.45) is 0 Å². The molecule has 5 heteroatoms. The van der Waals surface area contributed by atoms with Gasteiger partial charge in [-0.2, -0.15) is 0 Å². The first-order chi connectivity index (χ1) is 15.6. The first kappa shape index (κ1) is 23.1. The highest BCUT2D eigenvalue weighted by atomic mass is 16.2. The van der Waals surface area contributed by atoms with Crippen molar-refractivity contribution < 1.29 is 9.59 Å². The van der Waals surface area contributed by atoms with Gasteiger partial charge in [0.05, 0.1) is 6.04 Å². The Morgan fingerprint density at radius 2 is 1.47 bits per heavy atom. The van der Waals surface area contributed by atoms with Crippen molar-refractivity contribution in [2.75, 3.05) is 11.9 Å². The Balaban J connectivity index is 1.64. The van der Waals surface area contributed by atoms with Crippen molar-refractivity contribution >= 4 is 17.6 Å². The van der Waals surface area contributed by atoms with Crippen LogP contribution in [0.5, 0.6) is 0 Å². The summed E-state index contributed by atoms with van der Waals surface area (Å²) < 4.78 is 0. The average Bonchev–Trinajstić information content (AvgIpc) is 2.84. The minimum atomic E-state index is -0.190. The monoisotopic (exact) mass is 429 g/mol. The van der Waals surface area contributed by atoms with Gasteiger partial charge in [-0.1, -0.05) is 79.7 Å². The van der Waals surface area contributed by atoms with Gasteiger partial charge in [0.25, 0.3) is 0 Å². The fourth-order valence-corrected chi connectivity index (χ4v) is 3.53. The number of nitrogens with one attached hydrogen (secondary N) is 2. The Morgan fingerprint density at radius 1 is 0.844 bits per heavy atom. The van der Waals surface area contributed by atoms with E-state index in [0.29, 0.717) is 13.1 Å². The molecule has 0 spiro atoms. The average molecular weight is 430 g/mol. The van der Waals surface area contributed by atoms with E-state index in [-0.39, 0.29) is 24.4 Å². The highest BCUT2D eigenvalue weighted by Gasteiger charge is 2.22. The summed E-state index contributed by atoms with van der Waals surface area (Å²) in [6.45, 7) is 4.83. The molecule has 0 aliphatic heterocycles. The third kappa shape index (κ3) is 6.71. The largest absolute Gasteiger partial charge is 0.334 e. The number of benzene rings is 3. The van der Waals surface area contributed by atoms with Crippen LogP contribution < -0.4 is 10.6 Å². The molecule has 0 saturated heterocycles. The van der Waals surface area contributed by atoms with Crippen molar-refractivity contribution in [3.63, 3.8) is 0 Å². The molecular weight excluding hydrogens is 398 g/mol. The van der Waals surface area contributed by atoms with E-state index >= 15 is 0 Å². The summed E-state index contributed by atoms with van der Waals surface area (Å²) in [6.07, 6.45) is 1.17. The van der Waals surface area contributed by atoms with Gasteiger partial charge in [-0.25, -0.2) is 4.79 Å². The number of urea groups is 1. The highest BCUT2D eigenvalue weighted by molar-refractivity contribution is 5.91. The van der Waals surface area contributed by atoms with Crippen LogP contribution in [0.4, 0.5) is 10.5 Å². The Labute approximate surface area is 190 Å². The number of hydrogen-bond donors (Lipinski definition) is 2. The van der Waals surface area contributed by atoms with Crippen LogP contribution in [0, 0.1) is 0 Å². The number of carbonyl (C=O) groups is 2. The van der Waals surface area contributed by atoms with E-state index in [0.717, 1.165) is 23.2 Å². The van der Waals surface area contributed by atoms with Crippen LogP contribution >= 0.6 is 0 Å². The summed E-state index contributed by atoms with van der Waals surface area (Å²) in [7, 11) is 0.